The quantitative estimate of drug-likeness (QED) is 0.264. The lowest BCUT2D eigenvalue weighted by molar-refractivity contribution is -0.152. The van der Waals surface area contributed by atoms with Crippen LogP contribution < -0.4 is 0 Å². The summed E-state index contributed by atoms with van der Waals surface area (Å²) in [7, 11) is 0. The number of carbonyl (C=O) groups is 2. The summed E-state index contributed by atoms with van der Waals surface area (Å²) in [5.41, 5.74) is -5.48. The second kappa shape index (κ2) is 12.6. The Balaban J connectivity index is 1.72. The molecule has 0 radical (unpaired) electrons. The van der Waals surface area contributed by atoms with Gasteiger partial charge in [-0.1, -0.05) is 60.7 Å². The molecule has 12 heteroatoms. The molecule has 3 aromatic rings. The highest BCUT2D eigenvalue weighted by Crippen LogP contribution is 2.44. The fourth-order valence-electron chi connectivity index (χ4n) is 5.22. The van der Waals surface area contributed by atoms with Gasteiger partial charge in [0.2, 0.25) is 0 Å². The van der Waals surface area contributed by atoms with E-state index in [1.54, 1.807) is 60.7 Å². The number of carbonyl (C=O) groups excluding carboxylic acids is 2. The van der Waals surface area contributed by atoms with Crippen molar-refractivity contribution in [2.45, 2.75) is 62.9 Å². The molecule has 0 saturated carbocycles. The highest BCUT2D eigenvalue weighted by Gasteiger charge is 2.53. The zero-order valence-electron chi connectivity index (χ0n) is 23.9. The van der Waals surface area contributed by atoms with Crippen molar-refractivity contribution in [2.24, 2.45) is 0 Å². The standard InChI is InChI=1S/C32H31F6NO5/c1-21(24-15-26(31(33,34)35)17-27(16-24)32(36,37)38)44-20-29(25-11-7-4-8-12-25)13-14-30(42,22(2)40)19-39(29)28(41)43-18-23-9-5-3-6-10-23/h3-12,15-17,21,42H,13-14,18-20H2,1-2H3/t21-,29?,30?/m1/s1. The number of β-amino-alcohol motifs (C(OH)–C–C–N with tert-alkyl or cyclic N) is 1. The van der Waals surface area contributed by atoms with Gasteiger partial charge in [0.1, 0.15) is 12.2 Å². The van der Waals surface area contributed by atoms with Gasteiger partial charge in [-0.25, -0.2) is 4.79 Å². The number of aliphatic hydroxyl groups is 1. The van der Waals surface area contributed by atoms with Crippen LogP contribution >= 0.6 is 0 Å². The molecule has 3 atom stereocenters. The van der Waals surface area contributed by atoms with Crippen LogP contribution in [0.1, 0.15) is 60.6 Å². The number of halogens is 6. The van der Waals surface area contributed by atoms with Gasteiger partial charge in [0.05, 0.1) is 35.9 Å². The van der Waals surface area contributed by atoms with E-state index in [2.05, 4.69) is 0 Å². The Morgan fingerprint density at radius 1 is 0.886 bits per heavy atom. The van der Waals surface area contributed by atoms with Gasteiger partial charge in [0.25, 0.3) is 0 Å². The lowest BCUT2D eigenvalue weighted by Gasteiger charge is -2.51. The maximum Gasteiger partial charge on any atom is 0.416 e. The monoisotopic (exact) mass is 623 g/mol. The molecular formula is C32H31F6NO5. The van der Waals surface area contributed by atoms with Crippen LogP contribution in [0.2, 0.25) is 0 Å². The summed E-state index contributed by atoms with van der Waals surface area (Å²) < 4.78 is 92.6. The van der Waals surface area contributed by atoms with Crippen LogP contribution in [0, 0.1) is 0 Å². The van der Waals surface area contributed by atoms with Crippen LogP contribution in [-0.2, 0) is 38.8 Å². The van der Waals surface area contributed by atoms with Crippen molar-refractivity contribution in [3.63, 3.8) is 0 Å². The number of piperidine rings is 1. The molecule has 0 aliphatic carbocycles. The maximum atomic E-state index is 13.7. The van der Waals surface area contributed by atoms with Gasteiger partial charge in [-0.15, -0.1) is 0 Å². The first-order valence-electron chi connectivity index (χ1n) is 13.7. The predicted molar refractivity (Wildman–Crippen MR) is 147 cm³/mol. The second-order valence-corrected chi connectivity index (χ2v) is 10.9. The highest BCUT2D eigenvalue weighted by atomic mass is 19.4. The average molecular weight is 624 g/mol. The number of ether oxygens (including phenoxy) is 2. The minimum absolute atomic E-state index is 0.0311. The van der Waals surface area contributed by atoms with Crippen LogP contribution in [0.4, 0.5) is 31.1 Å². The summed E-state index contributed by atoms with van der Waals surface area (Å²) in [6.45, 7) is 1.48. The van der Waals surface area contributed by atoms with Crippen molar-refractivity contribution < 1.29 is 50.5 Å². The number of likely N-dealkylation sites (tertiary alicyclic amines) is 1. The van der Waals surface area contributed by atoms with Gasteiger partial charge in [-0.2, -0.15) is 26.3 Å². The first-order valence-corrected chi connectivity index (χ1v) is 13.7. The normalized spacial score (nSPS) is 21.5. The third-order valence-electron chi connectivity index (χ3n) is 7.93. The number of nitrogens with zero attached hydrogens (tertiary/aromatic N) is 1. The van der Waals surface area contributed by atoms with Crippen LogP contribution in [0.3, 0.4) is 0 Å². The summed E-state index contributed by atoms with van der Waals surface area (Å²) >= 11 is 0. The summed E-state index contributed by atoms with van der Waals surface area (Å²) in [6.07, 6.45) is -12.4. The van der Waals surface area contributed by atoms with Crippen molar-refractivity contribution in [3.8, 4) is 0 Å². The molecule has 1 amide bonds. The van der Waals surface area contributed by atoms with Gasteiger partial charge >= 0.3 is 18.4 Å². The van der Waals surface area contributed by atoms with Crippen LogP contribution in [0.15, 0.2) is 78.9 Å². The number of amides is 1. The van der Waals surface area contributed by atoms with Crippen molar-refractivity contribution in [1.82, 2.24) is 4.90 Å². The number of benzene rings is 3. The Labute approximate surface area is 250 Å². The van der Waals surface area contributed by atoms with Crippen molar-refractivity contribution in [1.29, 1.82) is 0 Å². The Kier molecular flexibility index (Phi) is 9.46. The van der Waals surface area contributed by atoms with E-state index in [-0.39, 0.29) is 31.1 Å². The molecule has 1 fully saturated rings. The van der Waals surface area contributed by atoms with E-state index < -0.39 is 65.8 Å². The van der Waals surface area contributed by atoms with Crippen molar-refractivity contribution >= 4 is 11.9 Å². The van der Waals surface area contributed by atoms with Gasteiger partial charge in [0.15, 0.2) is 5.78 Å². The Hall–Kier alpha value is -3.90. The zero-order valence-corrected chi connectivity index (χ0v) is 23.9. The number of ketones is 1. The third-order valence-corrected chi connectivity index (χ3v) is 7.93. The molecule has 3 aromatic carbocycles. The molecule has 1 aliphatic heterocycles. The maximum absolute atomic E-state index is 13.7. The van der Waals surface area contributed by atoms with Crippen LogP contribution in [-0.4, -0.2) is 40.6 Å². The molecule has 1 aliphatic rings. The lowest BCUT2D eigenvalue weighted by Crippen LogP contribution is -2.64. The third kappa shape index (κ3) is 7.24. The molecule has 1 saturated heterocycles. The van der Waals surface area contributed by atoms with E-state index >= 15 is 0 Å². The molecule has 2 unspecified atom stereocenters. The molecule has 1 N–H and O–H groups in total. The summed E-state index contributed by atoms with van der Waals surface area (Å²) in [4.78, 5) is 27.3. The number of Topliss-reactive ketones (excluding diaryl/α,β-unsaturated/α-hetero) is 1. The van der Waals surface area contributed by atoms with Crippen LogP contribution in [0.25, 0.3) is 0 Å². The Morgan fingerprint density at radius 3 is 1.95 bits per heavy atom. The molecule has 236 valence electrons. The van der Waals surface area contributed by atoms with E-state index in [1.165, 1.54) is 13.8 Å². The molecule has 0 spiro atoms. The SMILES string of the molecule is CC(=O)C1(O)CCC(CO[C@H](C)c2cc(C(F)(F)F)cc(C(F)(F)F)c2)(c2ccccc2)N(C(=O)OCc2ccccc2)C1. The number of alkyl halides is 6. The van der Waals surface area contributed by atoms with Crippen LogP contribution in [0.5, 0.6) is 0 Å². The first kappa shape index (κ1) is 33.0. The molecule has 4 rings (SSSR count). The lowest BCUT2D eigenvalue weighted by atomic mass is 9.75. The fraction of sp³-hybridized carbons (Fsp3) is 0.375. The average Bonchev–Trinajstić information content (AvgIpc) is 2.99. The summed E-state index contributed by atoms with van der Waals surface area (Å²) in [5.74, 6) is -0.585. The minimum Gasteiger partial charge on any atom is -0.445 e. The number of hydrogen-bond acceptors (Lipinski definition) is 5. The van der Waals surface area contributed by atoms with E-state index in [9.17, 15) is 41.0 Å². The summed E-state index contributed by atoms with van der Waals surface area (Å²) in [5, 5.41) is 11.1. The highest BCUT2D eigenvalue weighted by molar-refractivity contribution is 5.86. The fourth-order valence-corrected chi connectivity index (χ4v) is 5.22. The van der Waals surface area contributed by atoms with Crippen molar-refractivity contribution in [2.75, 3.05) is 13.2 Å². The van der Waals surface area contributed by atoms with Gasteiger partial charge in [-0.3, -0.25) is 9.69 Å². The predicted octanol–water partition coefficient (Wildman–Crippen LogP) is 7.45. The van der Waals surface area contributed by atoms with E-state index in [4.69, 9.17) is 9.47 Å². The topological polar surface area (TPSA) is 76.1 Å². The molecule has 0 aromatic heterocycles. The van der Waals surface area contributed by atoms with Gasteiger partial charge < -0.3 is 14.6 Å². The second-order valence-electron chi connectivity index (χ2n) is 10.9. The zero-order chi connectivity index (χ0) is 32.3. The molecule has 1 heterocycles. The van der Waals surface area contributed by atoms with E-state index in [1.807, 2.05) is 0 Å². The summed E-state index contributed by atoms with van der Waals surface area (Å²) in [6, 6.07) is 18.4. The first-order chi connectivity index (χ1) is 20.5. The molecular weight excluding hydrogens is 592 g/mol. The number of hydrogen-bond donors (Lipinski definition) is 1. The largest absolute Gasteiger partial charge is 0.445 e. The minimum atomic E-state index is -5.04. The molecule has 44 heavy (non-hydrogen) atoms. The number of rotatable bonds is 8. The Bertz CT molecular complexity index is 1430. The van der Waals surface area contributed by atoms with E-state index in [0.29, 0.717) is 23.3 Å². The van der Waals surface area contributed by atoms with E-state index in [0.717, 1.165) is 4.90 Å². The molecule has 0 bridgehead atoms. The van der Waals surface area contributed by atoms with Gasteiger partial charge in [0, 0.05) is 0 Å². The molecule has 6 nitrogen and oxygen atoms in total. The Morgan fingerprint density at radius 2 is 1.43 bits per heavy atom. The van der Waals surface area contributed by atoms with Crippen molar-refractivity contribution in [3.05, 3.63) is 107 Å². The van der Waals surface area contributed by atoms with Gasteiger partial charge in [-0.05, 0) is 61.6 Å². The smallest absolute Gasteiger partial charge is 0.416 e.